The maximum Gasteiger partial charge on any atom is 0.433 e. The number of fused-ring (bicyclic) bond motifs is 1. The smallest absolute Gasteiger partial charge is 0.433 e. The second-order valence-electron chi connectivity index (χ2n) is 5.70. The van der Waals surface area contributed by atoms with Gasteiger partial charge in [0.25, 0.3) is 0 Å². The van der Waals surface area contributed by atoms with Gasteiger partial charge in [0.2, 0.25) is 5.91 Å². The predicted octanol–water partition coefficient (Wildman–Crippen LogP) is 3.72. The highest BCUT2D eigenvalue weighted by atomic mass is 32.2. The van der Waals surface area contributed by atoms with Crippen molar-refractivity contribution in [2.24, 2.45) is 0 Å². The summed E-state index contributed by atoms with van der Waals surface area (Å²) in [6.45, 7) is 0. The third kappa shape index (κ3) is 4.27. The standard InChI is InChI=1S/C17H16F3N3O2S/c1-25-11-7-5-10(6-8-11)21-14(24)9-26-16-22-13-4-2-3-12(13)15(23-16)17(18,19)20/h5-8H,2-4,9H2,1H3,(H,21,24). The Morgan fingerprint density at radius 1 is 1.23 bits per heavy atom. The van der Waals surface area contributed by atoms with Crippen molar-refractivity contribution in [3.05, 3.63) is 41.2 Å². The molecule has 0 unspecified atom stereocenters. The molecule has 1 aromatic heterocycles. The number of halogens is 3. The number of benzene rings is 1. The van der Waals surface area contributed by atoms with E-state index in [2.05, 4.69) is 15.3 Å². The molecule has 1 aromatic carbocycles. The highest BCUT2D eigenvalue weighted by Crippen LogP contribution is 2.36. The highest BCUT2D eigenvalue weighted by molar-refractivity contribution is 7.99. The van der Waals surface area contributed by atoms with Gasteiger partial charge < -0.3 is 10.1 Å². The fourth-order valence-electron chi connectivity index (χ4n) is 2.71. The third-order valence-electron chi connectivity index (χ3n) is 3.89. The second-order valence-corrected chi connectivity index (χ2v) is 6.64. The van der Waals surface area contributed by atoms with E-state index in [1.807, 2.05) is 0 Å². The van der Waals surface area contributed by atoms with Gasteiger partial charge in [-0.3, -0.25) is 4.79 Å². The summed E-state index contributed by atoms with van der Waals surface area (Å²) in [7, 11) is 1.54. The first kappa shape index (κ1) is 18.5. The summed E-state index contributed by atoms with van der Waals surface area (Å²) in [5.74, 6) is 0.226. The van der Waals surface area contributed by atoms with Crippen LogP contribution in [0.1, 0.15) is 23.4 Å². The maximum atomic E-state index is 13.2. The van der Waals surface area contributed by atoms with E-state index < -0.39 is 11.9 Å². The number of anilines is 1. The van der Waals surface area contributed by atoms with Gasteiger partial charge in [0.1, 0.15) is 5.75 Å². The molecule has 1 aliphatic rings. The van der Waals surface area contributed by atoms with E-state index in [4.69, 9.17) is 4.74 Å². The fourth-order valence-corrected chi connectivity index (χ4v) is 3.37. The minimum atomic E-state index is -4.52. The van der Waals surface area contributed by atoms with Crippen LogP contribution in [-0.4, -0.2) is 28.7 Å². The Labute approximate surface area is 152 Å². The van der Waals surface area contributed by atoms with Crippen molar-refractivity contribution in [3.63, 3.8) is 0 Å². The Balaban J connectivity index is 1.66. The summed E-state index contributed by atoms with van der Waals surface area (Å²) in [6, 6.07) is 6.74. The molecular weight excluding hydrogens is 367 g/mol. The molecular formula is C17H16F3N3O2S. The van der Waals surface area contributed by atoms with Gasteiger partial charge in [-0.05, 0) is 43.5 Å². The number of nitrogens with zero attached hydrogens (tertiary/aromatic N) is 2. The molecule has 0 atom stereocenters. The van der Waals surface area contributed by atoms with Crippen molar-refractivity contribution in [2.45, 2.75) is 30.6 Å². The van der Waals surface area contributed by atoms with Gasteiger partial charge in [-0.15, -0.1) is 0 Å². The Morgan fingerprint density at radius 3 is 2.62 bits per heavy atom. The number of carbonyl (C=O) groups is 1. The molecule has 0 saturated carbocycles. The Hall–Kier alpha value is -2.29. The molecule has 0 spiro atoms. The lowest BCUT2D eigenvalue weighted by Gasteiger charge is -2.12. The van der Waals surface area contributed by atoms with Crippen molar-refractivity contribution in [1.29, 1.82) is 0 Å². The number of hydrogen-bond acceptors (Lipinski definition) is 5. The van der Waals surface area contributed by atoms with E-state index >= 15 is 0 Å². The SMILES string of the molecule is COc1ccc(NC(=O)CSc2nc3c(c(C(F)(F)F)n2)CCC3)cc1. The van der Waals surface area contributed by atoms with Crippen LogP contribution >= 0.6 is 11.8 Å². The Kier molecular flexibility index (Phi) is 5.36. The van der Waals surface area contributed by atoms with Gasteiger partial charge >= 0.3 is 6.18 Å². The number of methoxy groups -OCH3 is 1. The van der Waals surface area contributed by atoms with E-state index in [1.54, 1.807) is 24.3 Å². The van der Waals surface area contributed by atoms with Crippen molar-refractivity contribution < 1.29 is 22.7 Å². The minimum absolute atomic E-state index is 0.0251. The quantitative estimate of drug-likeness (QED) is 0.630. The molecule has 1 amide bonds. The predicted molar refractivity (Wildman–Crippen MR) is 91.4 cm³/mol. The number of amides is 1. The van der Waals surface area contributed by atoms with E-state index in [1.165, 1.54) is 7.11 Å². The van der Waals surface area contributed by atoms with Gasteiger partial charge in [0.15, 0.2) is 10.9 Å². The van der Waals surface area contributed by atoms with Crippen LogP contribution in [0.15, 0.2) is 29.4 Å². The lowest BCUT2D eigenvalue weighted by Crippen LogP contribution is -2.16. The summed E-state index contributed by atoms with van der Waals surface area (Å²) >= 11 is 0.893. The van der Waals surface area contributed by atoms with Crippen LogP contribution in [0.25, 0.3) is 0 Å². The molecule has 1 heterocycles. The maximum absolute atomic E-state index is 13.2. The van der Waals surface area contributed by atoms with E-state index in [9.17, 15) is 18.0 Å². The van der Waals surface area contributed by atoms with Gasteiger partial charge in [-0.1, -0.05) is 11.8 Å². The van der Waals surface area contributed by atoms with Crippen LogP contribution in [0.4, 0.5) is 18.9 Å². The lowest BCUT2D eigenvalue weighted by molar-refractivity contribution is -0.142. The monoisotopic (exact) mass is 383 g/mol. The normalized spacial score (nSPS) is 13.4. The third-order valence-corrected chi connectivity index (χ3v) is 4.73. The van der Waals surface area contributed by atoms with E-state index in [-0.39, 0.29) is 22.4 Å². The summed E-state index contributed by atoms with van der Waals surface area (Å²) in [4.78, 5) is 19.8. The minimum Gasteiger partial charge on any atom is -0.497 e. The zero-order valence-corrected chi connectivity index (χ0v) is 14.7. The molecule has 1 aliphatic carbocycles. The molecule has 0 bridgehead atoms. The molecule has 0 radical (unpaired) electrons. The Morgan fingerprint density at radius 2 is 1.96 bits per heavy atom. The number of hydrogen-bond donors (Lipinski definition) is 1. The summed E-state index contributed by atoms with van der Waals surface area (Å²) in [5.41, 5.74) is 0.315. The fraction of sp³-hybridized carbons (Fsp3) is 0.353. The summed E-state index contributed by atoms with van der Waals surface area (Å²) in [6.07, 6.45) is -3.03. The van der Waals surface area contributed by atoms with Crippen molar-refractivity contribution in [1.82, 2.24) is 9.97 Å². The van der Waals surface area contributed by atoms with Crippen LogP contribution in [-0.2, 0) is 23.8 Å². The molecule has 26 heavy (non-hydrogen) atoms. The van der Waals surface area contributed by atoms with Crippen molar-refractivity contribution >= 4 is 23.4 Å². The molecule has 1 N–H and O–H groups in total. The van der Waals surface area contributed by atoms with Crippen molar-refractivity contribution in [3.8, 4) is 5.75 Å². The van der Waals surface area contributed by atoms with Crippen LogP contribution in [0, 0.1) is 0 Å². The molecule has 2 aromatic rings. The zero-order valence-electron chi connectivity index (χ0n) is 13.9. The lowest BCUT2D eigenvalue weighted by atomic mass is 10.2. The van der Waals surface area contributed by atoms with Gasteiger partial charge in [0, 0.05) is 16.9 Å². The molecule has 5 nitrogen and oxygen atoms in total. The number of aromatic nitrogens is 2. The molecule has 9 heteroatoms. The number of aryl methyl sites for hydroxylation is 1. The first-order valence-corrected chi connectivity index (χ1v) is 8.89. The molecule has 0 fully saturated rings. The highest BCUT2D eigenvalue weighted by Gasteiger charge is 2.38. The number of rotatable bonds is 5. The first-order chi connectivity index (χ1) is 12.4. The van der Waals surface area contributed by atoms with E-state index in [0.29, 0.717) is 36.4 Å². The van der Waals surface area contributed by atoms with Crippen molar-refractivity contribution in [2.75, 3.05) is 18.2 Å². The topological polar surface area (TPSA) is 64.1 Å². The van der Waals surface area contributed by atoms with Gasteiger partial charge in [-0.25, -0.2) is 9.97 Å². The van der Waals surface area contributed by atoms with Crippen LogP contribution in [0.5, 0.6) is 5.75 Å². The van der Waals surface area contributed by atoms with Crippen LogP contribution in [0.2, 0.25) is 0 Å². The number of ether oxygens (including phenoxy) is 1. The average molecular weight is 383 g/mol. The van der Waals surface area contributed by atoms with Gasteiger partial charge in [-0.2, -0.15) is 13.2 Å². The first-order valence-electron chi connectivity index (χ1n) is 7.90. The average Bonchev–Trinajstić information content (AvgIpc) is 3.07. The zero-order chi connectivity index (χ0) is 18.7. The molecule has 0 aliphatic heterocycles. The van der Waals surface area contributed by atoms with Crippen LogP contribution in [0.3, 0.4) is 0 Å². The van der Waals surface area contributed by atoms with E-state index in [0.717, 1.165) is 11.8 Å². The van der Waals surface area contributed by atoms with Gasteiger partial charge in [0.05, 0.1) is 12.9 Å². The molecule has 3 rings (SSSR count). The molecule has 0 saturated heterocycles. The summed E-state index contributed by atoms with van der Waals surface area (Å²) < 4.78 is 44.6. The largest absolute Gasteiger partial charge is 0.497 e. The number of thioether (sulfide) groups is 1. The number of nitrogens with one attached hydrogen (secondary N) is 1. The number of alkyl halides is 3. The molecule has 138 valence electrons. The Bertz CT molecular complexity index is 810. The second kappa shape index (κ2) is 7.53. The summed E-state index contributed by atoms with van der Waals surface area (Å²) in [5, 5.41) is 2.64. The van der Waals surface area contributed by atoms with Crippen LogP contribution < -0.4 is 10.1 Å². The number of carbonyl (C=O) groups excluding carboxylic acids is 1.